The number of Topliss-reactive ketones (excluding diaryl/α,β-unsaturated/α-hetero) is 1. The molecule has 3 rings (SSSR count). The van der Waals surface area contributed by atoms with Crippen molar-refractivity contribution in [2.24, 2.45) is 0 Å². The summed E-state index contributed by atoms with van der Waals surface area (Å²) in [4.78, 5) is 16.1. The van der Waals surface area contributed by atoms with Crippen molar-refractivity contribution in [1.29, 1.82) is 5.26 Å². The van der Waals surface area contributed by atoms with Crippen LogP contribution in [0.5, 0.6) is 0 Å². The molecular formula is C21H18N2O. The summed E-state index contributed by atoms with van der Waals surface area (Å²) in [5.41, 5.74) is 4.49. The molecular weight excluding hydrogens is 296 g/mol. The Hall–Kier alpha value is -3.12. The van der Waals surface area contributed by atoms with Gasteiger partial charge in [-0.15, -0.1) is 0 Å². The van der Waals surface area contributed by atoms with Gasteiger partial charge >= 0.3 is 0 Å². The first kappa shape index (κ1) is 15.8. The summed E-state index contributed by atoms with van der Waals surface area (Å²) in [6, 6.07) is 17.6. The molecule has 0 spiro atoms. The molecule has 0 aliphatic carbocycles. The van der Waals surface area contributed by atoms with E-state index in [0.29, 0.717) is 5.56 Å². The van der Waals surface area contributed by atoms with Gasteiger partial charge in [-0.1, -0.05) is 49.4 Å². The molecule has 0 bridgehead atoms. The number of allylic oxidation sites excluding steroid dienone is 1. The highest BCUT2D eigenvalue weighted by molar-refractivity contribution is 6.20. The van der Waals surface area contributed by atoms with Crippen molar-refractivity contribution in [3.8, 4) is 6.07 Å². The average molecular weight is 314 g/mol. The molecule has 3 nitrogen and oxygen atoms in total. The quantitative estimate of drug-likeness (QED) is 0.426. The van der Waals surface area contributed by atoms with Gasteiger partial charge in [-0.3, -0.25) is 4.79 Å². The minimum atomic E-state index is -0.244. The van der Waals surface area contributed by atoms with Crippen LogP contribution in [0.25, 0.3) is 17.0 Å². The summed E-state index contributed by atoms with van der Waals surface area (Å²) in [6.45, 7) is 3.95. The fourth-order valence-corrected chi connectivity index (χ4v) is 2.87. The van der Waals surface area contributed by atoms with Crippen LogP contribution in [0.3, 0.4) is 0 Å². The van der Waals surface area contributed by atoms with E-state index in [1.54, 1.807) is 6.08 Å². The van der Waals surface area contributed by atoms with Crippen molar-refractivity contribution >= 4 is 22.8 Å². The zero-order chi connectivity index (χ0) is 17.1. The fourth-order valence-electron chi connectivity index (χ4n) is 2.87. The molecule has 118 valence electrons. The summed E-state index contributed by atoms with van der Waals surface area (Å²) >= 11 is 0. The maximum atomic E-state index is 12.9. The molecule has 0 fully saturated rings. The first-order chi connectivity index (χ1) is 11.6. The van der Waals surface area contributed by atoms with Gasteiger partial charge in [-0.05, 0) is 36.6 Å². The second-order valence-corrected chi connectivity index (χ2v) is 5.76. The van der Waals surface area contributed by atoms with Crippen LogP contribution >= 0.6 is 0 Å². The van der Waals surface area contributed by atoms with Gasteiger partial charge in [0.2, 0.25) is 5.78 Å². The van der Waals surface area contributed by atoms with Gasteiger partial charge in [0.1, 0.15) is 11.6 Å². The highest BCUT2D eigenvalue weighted by Gasteiger charge is 2.19. The topological polar surface area (TPSA) is 56.6 Å². The minimum absolute atomic E-state index is 0.145. The van der Waals surface area contributed by atoms with Crippen LogP contribution < -0.4 is 0 Å². The number of nitrogens with one attached hydrogen (secondary N) is 1. The number of aromatic nitrogens is 1. The Labute approximate surface area is 141 Å². The predicted octanol–water partition coefficient (Wildman–Crippen LogP) is 4.83. The van der Waals surface area contributed by atoms with Crippen LogP contribution in [0.4, 0.5) is 0 Å². The fraction of sp³-hybridized carbons (Fsp3) is 0.143. The number of aryl methyl sites for hydroxylation is 2. The summed E-state index contributed by atoms with van der Waals surface area (Å²) in [6.07, 6.45) is 2.62. The summed E-state index contributed by atoms with van der Waals surface area (Å²) in [5, 5.41) is 10.3. The molecule has 0 radical (unpaired) electrons. The predicted molar refractivity (Wildman–Crippen MR) is 96.8 cm³/mol. The Kier molecular flexibility index (Phi) is 4.31. The van der Waals surface area contributed by atoms with E-state index in [0.717, 1.165) is 28.6 Å². The zero-order valence-corrected chi connectivity index (χ0v) is 13.8. The maximum Gasteiger partial charge on any atom is 0.205 e. The van der Waals surface area contributed by atoms with E-state index in [1.807, 2.05) is 55.5 Å². The number of hydrogen-bond donors (Lipinski definition) is 1. The number of aromatic amines is 1. The number of hydrogen-bond acceptors (Lipinski definition) is 2. The van der Waals surface area contributed by atoms with Crippen molar-refractivity contribution in [1.82, 2.24) is 4.98 Å². The van der Waals surface area contributed by atoms with Crippen molar-refractivity contribution in [2.75, 3.05) is 0 Å². The van der Waals surface area contributed by atoms with E-state index in [2.05, 4.69) is 18.0 Å². The Morgan fingerprint density at radius 2 is 1.88 bits per heavy atom. The van der Waals surface area contributed by atoms with Gasteiger partial charge < -0.3 is 4.98 Å². The number of H-pyrrole nitrogens is 1. The third-order valence-electron chi connectivity index (χ3n) is 4.18. The van der Waals surface area contributed by atoms with Gasteiger partial charge in [0.05, 0.1) is 5.56 Å². The monoisotopic (exact) mass is 314 g/mol. The van der Waals surface area contributed by atoms with Crippen LogP contribution in [0.1, 0.15) is 34.1 Å². The van der Waals surface area contributed by atoms with E-state index in [4.69, 9.17) is 0 Å². The lowest BCUT2D eigenvalue weighted by atomic mass is 9.99. The Morgan fingerprint density at radius 1 is 1.17 bits per heavy atom. The van der Waals surface area contributed by atoms with Crippen LogP contribution in [-0.2, 0) is 6.42 Å². The van der Waals surface area contributed by atoms with Crippen LogP contribution in [0, 0.1) is 18.3 Å². The largest absolute Gasteiger partial charge is 0.358 e. The lowest BCUT2D eigenvalue weighted by Crippen LogP contribution is -2.03. The van der Waals surface area contributed by atoms with Crippen molar-refractivity contribution < 1.29 is 4.79 Å². The third-order valence-corrected chi connectivity index (χ3v) is 4.18. The molecule has 0 unspecified atom stereocenters. The van der Waals surface area contributed by atoms with Gasteiger partial charge in [0, 0.05) is 16.6 Å². The SMILES string of the molecule is CCc1ccc(C=C(C#N)C(=O)c2c(C)[nH]c3ccccc23)cc1. The molecule has 0 saturated carbocycles. The molecule has 3 heteroatoms. The number of carbonyl (C=O) groups excluding carboxylic acids is 1. The highest BCUT2D eigenvalue weighted by atomic mass is 16.1. The number of para-hydroxylation sites is 1. The molecule has 2 aromatic carbocycles. The third kappa shape index (κ3) is 2.87. The van der Waals surface area contributed by atoms with E-state index >= 15 is 0 Å². The number of carbonyl (C=O) groups is 1. The highest BCUT2D eigenvalue weighted by Crippen LogP contribution is 2.25. The number of benzene rings is 2. The molecule has 24 heavy (non-hydrogen) atoms. The normalized spacial score (nSPS) is 11.5. The number of rotatable bonds is 4. The molecule has 1 heterocycles. The smallest absolute Gasteiger partial charge is 0.205 e. The standard InChI is InChI=1S/C21H18N2O/c1-3-15-8-10-16(11-9-15)12-17(13-22)21(24)20-14(2)23-19-7-5-4-6-18(19)20/h4-12,23H,3H2,1-2H3. The summed E-state index contributed by atoms with van der Waals surface area (Å²) in [5.74, 6) is -0.244. The maximum absolute atomic E-state index is 12.9. The average Bonchev–Trinajstić information content (AvgIpc) is 2.95. The van der Waals surface area contributed by atoms with Crippen molar-refractivity contribution in [3.63, 3.8) is 0 Å². The number of ketones is 1. The number of nitrogens with zero attached hydrogens (tertiary/aromatic N) is 1. The second-order valence-electron chi connectivity index (χ2n) is 5.76. The lowest BCUT2D eigenvalue weighted by molar-refractivity contribution is 0.104. The van der Waals surface area contributed by atoms with Gasteiger partial charge in [-0.2, -0.15) is 5.26 Å². The van der Waals surface area contributed by atoms with Crippen LogP contribution in [0.2, 0.25) is 0 Å². The molecule has 1 N–H and O–H groups in total. The van der Waals surface area contributed by atoms with Gasteiger partial charge in [0.15, 0.2) is 0 Å². The molecule has 1 aromatic heterocycles. The molecule has 0 aliphatic rings. The summed E-state index contributed by atoms with van der Waals surface area (Å²) < 4.78 is 0. The number of nitriles is 1. The first-order valence-corrected chi connectivity index (χ1v) is 7.96. The van der Waals surface area contributed by atoms with E-state index in [9.17, 15) is 10.1 Å². The second kappa shape index (κ2) is 6.55. The van der Waals surface area contributed by atoms with E-state index in [1.165, 1.54) is 5.56 Å². The van der Waals surface area contributed by atoms with Crippen LogP contribution in [0.15, 0.2) is 54.1 Å². The molecule has 3 aromatic rings. The first-order valence-electron chi connectivity index (χ1n) is 7.96. The Balaban J connectivity index is 2.03. The molecule has 0 aliphatic heterocycles. The van der Waals surface area contributed by atoms with Crippen molar-refractivity contribution in [2.45, 2.75) is 20.3 Å². The number of fused-ring (bicyclic) bond motifs is 1. The van der Waals surface area contributed by atoms with Crippen LogP contribution in [-0.4, -0.2) is 10.8 Å². The Morgan fingerprint density at radius 3 is 2.54 bits per heavy atom. The van der Waals surface area contributed by atoms with E-state index < -0.39 is 0 Å². The molecule has 0 atom stereocenters. The van der Waals surface area contributed by atoms with E-state index in [-0.39, 0.29) is 11.4 Å². The zero-order valence-electron chi connectivity index (χ0n) is 13.8. The Bertz CT molecular complexity index is 969. The molecule has 0 saturated heterocycles. The van der Waals surface area contributed by atoms with Crippen molar-refractivity contribution in [3.05, 3.63) is 76.5 Å². The lowest BCUT2D eigenvalue weighted by Gasteiger charge is -2.02. The van der Waals surface area contributed by atoms with Gasteiger partial charge in [-0.25, -0.2) is 0 Å². The minimum Gasteiger partial charge on any atom is -0.358 e. The van der Waals surface area contributed by atoms with Gasteiger partial charge in [0.25, 0.3) is 0 Å². The molecule has 0 amide bonds. The summed E-state index contributed by atoms with van der Waals surface area (Å²) in [7, 11) is 0.